The van der Waals surface area contributed by atoms with E-state index in [-0.39, 0.29) is 11.8 Å². The summed E-state index contributed by atoms with van der Waals surface area (Å²) in [6, 6.07) is 7.69. The number of hydrazine groups is 1. The van der Waals surface area contributed by atoms with Crippen LogP contribution in [0.1, 0.15) is 49.9 Å². The summed E-state index contributed by atoms with van der Waals surface area (Å²) in [6.07, 6.45) is 5.19. The minimum Gasteiger partial charge on any atom is -0.311 e. The average Bonchev–Trinajstić information content (AvgIpc) is 3.15. The fourth-order valence-corrected chi connectivity index (χ4v) is 5.60. The van der Waals surface area contributed by atoms with Gasteiger partial charge in [0, 0.05) is 19.0 Å². The smallest absolute Gasteiger partial charge is 0.285 e. The maximum absolute atomic E-state index is 12.9. The number of aryl methyl sites for hydroxylation is 1. The fourth-order valence-electron chi connectivity index (χ4n) is 3.46. The lowest BCUT2D eigenvalue weighted by Crippen LogP contribution is -2.36. The van der Waals surface area contributed by atoms with Crippen molar-refractivity contribution in [2.24, 2.45) is 0 Å². The average molecular weight is 415 g/mol. The third kappa shape index (κ3) is 3.80. The molecule has 0 bridgehead atoms. The van der Waals surface area contributed by atoms with Crippen LogP contribution in [0.15, 0.2) is 24.3 Å². The SMILES string of the molecule is CN(C)NC(=O)c1c(NC(=O)c2nc3ccccc3s2)sc2c1CCCCC2. The zero-order valence-electron chi connectivity index (χ0n) is 15.9. The van der Waals surface area contributed by atoms with Crippen molar-refractivity contribution in [3.8, 4) is 0 Å². The maximum atomic E-state index is 12.9. The summed E-state index contributed by atoms with van der Waals surface area (Å²) in [4.78, 5) is 31.4. The van der Waals surface area contributed by atoms with Gasteiger partial charge in [-0.2, -0.15) is 0 Å². The molecule has 0 fully saturated rings. The van der Waals surface area contributed by atoms with Gasteiger partial charge in [0.1, 0.15) is 5.00 Å². The Morgan fingerprint density at radius 1 is 1.04 bits per heavy atom. The van der Waals surface area contributed by atoms with E-state index in [0.29, 0.717) is 15.6 Å². The Bertz CT molecular complexity index is 1010. The topological polar surface area (TPSA) is 74.3 Å². The number of rotatable bonds is 4. The number of hydrogen-bond acceptors (Lipinski definition) is 6. The van der Waals surface area contributed by atoms with Crippen molar-refractivity contribution in [3.63, 3.8) is 0 Å². The van der Waals surface area contributed by atoms with E-state index in [0.717, 1.165) is 41.5 Å². The van der Waals surface area contributed by atoms with Crippen LogP contribution < -0.4 is 10.7 Å². The first kappa shape index (κ1) is 19.0. The van der Waals surface area contributed by atoms with Gasteiger partial charge >= 0.3 is 0 Å². The van der Waals surface area contributed by atoms with E-state index in [1.54, 1.807) is 19.1 Å². The normalized spacial score (nSPS) is 14.0. The summed E-state index contributed by atoms with van der Waals surface area (Å²) in [7, 11) is 3.56. The summed E-state index contributed by atoms with van der Waals surface area (Å²) in [5.74, 6) is -0.444. The molecule has 1 aliphatic rings. The Morgan fingerprint density at radius 3 is 2.61 bits per heavy atom. The van der Waals surface area contributed by atoms with Gasteiger partial charge in [-0.15, -0.1) is 22.7 Å². The van der Waals surface area contributed by atoms with Crippen LogP contribution in [0, 0.1) is 0 Å². The third-order valence-electron chi connectivity index (χ3n) is 4.69. The number of hydrogen-bond donors (Lipinski definition) is 2. The number of nitrogens with one attached hydrogen (secondary N) is 2. The van der Waals surface area contributed by atoms with Crippen molar-refractivity contribution in [2.75, 3.05) is 19.4 Å². The van der Waals surface area contributed by atoms with Crippen molar-refractivity contribution in [1.29, 1.82) is 0 Å². The van der Waals surface area contributed by atoms with Crippen LogP contribution in [0.4, 0.5) is 5.00 Å². The largest absolute Gasteiger partial charge is 0.311 e. The molecule has 146 valence electrons. The van der Waals surface area contributed by atoms with Gasteiger partial charge in [0.15, 0.2) is 5.01 Å². The van der Waals surface area contributed by atoms with E-state index < -0.39 is 0 Å². The monoisotopic (exact) mass is 414 g/mol. The molecular weight excluding hydrogens is 392 g/mol. The summed E-state index contributed by atoms with van der Waals surface area (Å²) in [5, 5.41) is 5.62. The number of anilines is 1. The Labute approximate surface area is 171 Å². The Kier molecular flexibility index (Phi) is 5.43. The van der Waals surface area contributed by atoms with Gasteiger partial charge in [-0.05, 0) is 43.4 Å². The van der Waals surface area contributed by atoms with E-state index in [9.17, 15) is 9.59 Å². The molecule has 1 aromatic carbocycles. The quantitative estimate of drug-likeness (QED) is 0.498. The van der Waals surface area contributed by atoms with Gasteiger partial charge in [-0.3, -0.25) is 15.0 Å². The number of thiophene rings is 1. The highest BCUT2D eigenvalue weighted by Crippen LogP contribution is 2.38. The molecule has 0 atom stereocenters. The molecule has 6 nitrogen and oxygen atoms in total. The van der Waals surface area contributed by atoms with Crippen molar-refractivity contribution < 1.29 is 9.59 Å². The lowest BCUT2D eigenvalue weighted by atomic mass is 10.1. The lowest BCUT2D eigenvalue weighted by Gasteiger charge is -2.14. The summed E-state index contributed by atoms with van der Waals surface area (Å²) in [6.45, 7) is 0. The summed E-state index contributed by atoms with van der Waals surface area (Å²) in [5.41, 5.74) is 5.32. The molecule has 2 aromatic heterocycles. The predicted octanol–water partition coefficient (Wildman–Crippen LogP) is 4.09. The number of fused-ring (bicyclic) bond motifs is 2. The van der Waals surface area contributed by atoms with Crippen LogP contribution in [-0.2, 0) is 12.8 Å². The zero-order valence-corrected chi connectivity index (χ0v) is 17.5. The number of benzene rings is 1. The van der Waals surface area contributed by atoms with Gasteiger partial charge in [0.2, 0.25) is 0 Å². The van der Waals surface area contributed by atoms with Crippen LogP contribution in [0.25, 0.3) is 10.2 Å². The van der Waals surface area contributed by atoms with Crippen LogP contribution >= 0.6 is 22.7 Å². The van der Waals surface area contributed by atoms with Crippen LogP contribution in [0.2, 0.25) is 0 Å². The Hall–Kier alpha value is -2.29. The molecule has 3 aromatic rings. The highest BCUT2D eigenvalue weighted by Gasteiger charge is 2.26. The van der Waals surface area contributed by atoms with Crippen molar-refractivity contribution >= 4 is 49.7 Å². The highest BCUT2D eigenvalue weighted by molar-refractivity contribution is 7.20. The first-order chi connectivity index (χ1) is 13.5. The minimum absolute atomic E-state index is 0.177. The molecule has 0 unspecified atom stereocenters. The van der Waals surface area contributed by atoms with E-state index in [2.05, 4.69) is 15.7 Å². The molecule has 4 rings (SSSR count). The first-order valence-corrected chi connectivity index (χ1v) is 11.0. The van der Waals surface area contributed by atoms with E-state index in [1.165, 1.54) is 34.0 Å². The van der Waals surface area contributed by atoms with Crippen molar-refractivity contribution in [3.05, 3.63) is 45.3 Å². The molecule has 8 heteroatoms. The first-order valence-electron chi connectivity index (χ1n) is 9.32. The number of carbonyl (C=O) groups is 2. The molecule has 2 heterocycles. The second-order valence-corrected chi connectivity index (χ2v) is 9.18. The molecule has 2 amide bonds. The van der Waals surface area contributed by atoms with E-state index in [4.69, 9.17) is 0 Å². The second kappa shape index (κ2) is 7.98. The second-order valence-electron chi connectivity index (χ2n) is 7.04. The van der Waals surface area contributed by atoms with Gasteiger partial charge < -0.3 is 5.32 Å². The number of thiazole rings is 1. The number of carbonyl (C=O) groups excluding carboxylic acids is 2. The van der Waals surface area contributed by atoms with Gasteiger partial charge in [0.25, 0.3) is 11.8 Å². The lowest BCUT2D eigenvalue weighted by molar-refractivity contribution is 0.0857. The molecule has 1 aliphatic carbocycles. The molecule has 0 aliphatic heterocycles. The minimum atomic E-state index is -0.267. The van der Waals surface area contributed by atoms with Gasteiger partial charge in [-0.1, -0.05) is 18.6 Å². The molecular formula is C20H22N4O2S2. The van der Waals surface area contributed by atoms with Crippen molar-refractivity contribution in [1.82, 2.24) is 15.4 Å². The number of amides is 2. The fraction of sp³-hybridized carbons (Fsp3) is 0.350. The zero-order chi connectivity index (χ0) is 19.7. The predicted molar refractivity (Wildman–Crippen MR) is 114 cm³/mol. The molecule has 0 saturated heterocycles. The number of para-hydroxylation sites is 1. The molecule has 0 radical (unpaired) electrons. The molecule has 28 heavy (non-hydrogen) atoms. The van der Waals surface area contributed by atoms with E-state index in [1.807, 2.05) is 24.3 Å². The van der Waals surface area contributed by atoms with E-state index >= 15 is 0 Å². The van der Waals surface area contributed by atoms with Crippen molar-refractivity contribution in [2.45, 2.75) is 32.1 Å². The standard InChI is InChI=1S/C20H22N4O2S2/c1-24(2)23-17(25)16-12-8-4-3-5-10-14(12)27-19(16)22-18(26)20-21-13-9-6-7-11-15(13)28-20/h6-7,9,11H,3-5,8,10H2,1-2H3,(H,22,26)(H,23,25). The molecule has 0 spiro atoms. The Balaban J connectivity index is 1.67. The molecule has 0 saturated carbocycles. The molecule has 2 N–H and O–H groups in total. The third-order valence-corrected chi connectivity index (χ3v) is 6.93. The summed E-state index contributed by atoms with van der Waals surface area (Å²) >= 11 is 2.89. The maximum Gasteiger partial charge on any atom is 0.285 e. The van der Waals surface area contributed by atoms with Crippen LogP contribution in [0.3, 0.4) is 0 Å². The van der Waals surface area contributed by atoms with Crippen LogP contribution in [0.5, 0.6) is 0 Å². The van der Waals surface area contributed by atoms with Gasteiger partial charge in [-0.25, -0.2) is 9.99 Å². The van der Waals surface area contributed by atoms with Crippen LogP contribution in [-0.4, -0.2) is 35.9 Å². The Morgan fingerprint density at radius 2 is 1.82 bits per heavy atom. The van der Waals surface area contributed by atoms with Gasteiger partial charge in [0.05, 0.1) is 15.8 Å². The highest BCUT2D eigenvalue weighted by atomic mass is 32.1. The number of aromatic nitrogens is 1. The number of nitrogens with zero attached hydrogens (tertiary/aromatic N) is 2. The summed E-state index contributed by atoms with van der Waals surface area (Å²) < 4.78 is 0.972.